The van der Waals surface area contributed by atoms with E-state index < -0.39 is 0 Å². The van der Waals surface area contributed by atoms with Crippen molar-refractivity contribution in [1.82, 2.24) is 10.6 Å². The number of carbonyl (C=O) groups is 2. The molecule has 1 aliphatic rings. The van der Waals surface area contributed by atoms with Gasteiger partial charge in [0.1, 0.15) is 0 Å². The highest BCUT2D eigenvalue weighted by molar-refractivity contribution is 5.95. The molecule has 0 heterocycles. The first kappa shape index (κ1) is 22.7. The molecule has 0 aliphatic heterocycles. The van der Waals surface area contributed by atoms with Gasteiger partial charge in [-0.2, -0.15) is 0 Å². The minimum atomic E-state index is -0.210. The number of methoxy groups -OCH3 is 1. The Bertz CT molecular complexity index is 939. The largest absolute Gasteiger partial charge is 0.493 e. The van der Waals surface area contributed by atoms with Crippen LogP contribution in [0.1, 0.15) is 66.7 Å². The number of rotatable bonds is 8. The van der Waals surface area contributed by atoms with Crippen LogP contribution in [-0.4, -0.2) is 31.6 Å². The second-order valence-electron chi connectivity index (χ2n) is 8.31. The van der Waals surface area contributed by atoms with E-state index in [2.05, 4.69) is 28.8 Å². The fourth-order valence-corrected chi connectivity index (χ4v) is 3.82. The lowest BCUT2D eigenvalue weighted by Gasteiger charge is -2.20. The van der Waals surface area contributed by atoms with Gasteiger partial charge in [0.15, 0.2) is 18.1 Å². The van der Waals surface area contributed by atoms with E-state index in [9.17, 15) is 9.59 Å². The molecule has 3 rings (SSSR count). The molecule has 1 unspecified atom stereocenters. The van der Waals surface area contributed by atoms with E-state index in [0.29, 0.717) is 17.1 Å². The molecule has 2 aromatic rings. The lowest BCUT2D eigenvalue weighted by molar-refractivity contribution is -0.123. The van der Waals surface area contributed by atoms with Crippen molar-refractivity contribution in [3.63, 3.8) is 0 Å². The first-order valence-electron chi connectivity index (χ1n) is 10.9. The van der Waals surface area contributed by atoms with Gasteiger partial charge in [-0.3, -0.25) is 9.59 Å². The molecule has 31 heavy (non-hydrogen) atoms. The number of hydrogen-bond acceptors (Lipinski definition) is 4. The van der Waals surface area contributed by atoms with Crippen LogP contribution in [0.4, 0.5) is 0 Å². The summed E-state index contributed by atoms with van der Waals surface area (Å²) < 4.78 is 10.9. The quantitative estimate of drug-likeness (QED) is 0.672. The van der Waals surface area contributed by atoms with Crippen LogP contribution in [0.5, 0.6) is 11.5 Å². The lowest BCUT2D eigenvalue weighted by Crippen LogP contribution is -2.34. The van der Waals surface area contributed by atoms with Crippen molar-refractivity contribution >= 4 is 11.8 Å². The second kappa shape index (κ2) is 10.3. The molecular formula is C25H32N2O4. The summed E-state index contributed by atoms with van der Waals surface area (Å²) in [7, 11) is 1.51. The highest BCUT2D eigenvalue weighted by atomic mass is 16.5. The van der Waals surface area contributed by atoms with E-state index in [1.807, 2.05) is 20.8 Å². The molecule has 1 aliphatic carbocycles. The molecule has 0 radical (unpaired) electrons. The molecule has 2 amide bonds. The molecule has 166 valence electrons. The first-order chi connectivity index (χ1) is 14.9. The second-order valence-corrected chi connectivity index (χ2v) is 8.31. The predicted octanol–water partition coefficient (Wildman–Crippen LogP) is 3.97. The summed E-state index contributed by atoms with van der Waals surface area (Å²) in [6, 6.07) is 11.4. The number of aryl methyl sites for hydroxylation is 2. The Labute approximate surface area is 184 Å². The summed E-state index contributed by atoms with van der Waals surface area (Å²) in [5, 5.41) is 5.83. The average molecular weight is 425 g/mol. The van der Waals surface area contributed by atoms with E-state index in [1.165, 1.54) is 31.1 Å². The van der Waals surface area contributed by atoms with Crippen molar-refractivity contribution in [2.45, 2.75) is 58.5 Å². The standard InChI is InChI=1S/C25H32N2O4/c1-16(2)26-24(28)15-31-22-12-11-21(14-23(22)30-4)25(29)27-17(3)19-10-9-18-7-5-6-8-20(18)13-19/h9-14,16-17H,5-8,15H2,1-4H3,(H,26,28)(H,27,29). The number of benzene rings is 2. The maximum Gasteiger partial charge on any atom is 0.258 e. The van der Waals surface area contributed by atoms with Crippen molar-refractivity contribution in [3.8, 4) is 11.5 Å². The van der Waals surface area contributed by atoms with Gasteiger partial charge in [-0.1, -0.05) is 18.2 Å². The summed E-state index contributed by atoms with van der Waals surface area (Å²) in [4.78, 5) is 24.6. The van der Waals surface area contributed by atoms with Gasteiger partial charge in [-0.05, 0) is 81.3 Å². The van der Waals surface area contributed by atoms with Crippen LogP contribution in [0.15, 0.2) is 36.4 Å². The van der Waals surface area contributed by atoms with Gasteiger partial charge >= 0.3 is 0 Å². The van der Waals surface area contributed by atoms with E-state index in [4.69, 9.17) is 9.47 Å². The molecule has 0 spiro atoms. The zero-order chi connectivity index (χ0) is 22.4. The van der Waals surface area contributed by atoms with Gasteiger partial charge in [-0.25, -0.2) is 0 Å². The Balaban J connectivity index is 1.65. The van der Waals surface area contributed by atoms with Crippen LogP contribution in [-0.2, 0) is 17.6 Å². The van der Waals surface area contributed by atoms with Gasteiger partial charge in [0.25, 0.3) is 11.8 Å². The summed E-state index contributed by atoms with van der Waals surface area (Å²) in [6.45, 7) is 5.65. The summed E-state index contributed by atoms with van der Waals surface area (Å²) >= 11 is 0. The van der Waals surface area contributed by atoms with Gasteiger partial charge in [0.2, 0.25) is 0 Å². The zero-order valence-corrected chi connectivity index (χ0v) is 18.8. The van der Waals surface area contributed by atoms with E-state index >= 15 is 0 Å². The Hall–Kier alpha value is -3.02. The Kier molecular flexibility index (Phi) is 7.55. The number of carbonyl (C=O) groups excluding carboxylic acids is 2. The fraction of sp³-hybridized carbons (Fsp3) is 0.440. The minimum Gasteiger partial charge on any atom is -0.493 e. The summed E-state index contributed by atoms with van der Waals surface area (Å²) in [5.41, 5.74) is 4.41. The molecule has 0 aromatic heterocycles. The van der Waals surface area contributed by atoms with Gasteiger partial charge in [0, 0.05) is 11.6 Å². The highest BCUT2D eigenvalue weighted by Crippen LogP contribution is 2.29. The molecule has 6 nitrogen and oxygen atoms in total. The highest BCUT2D eigenvalue weighted by Gasteiger charge is 2.17. The Morgan fingerprint density at radius 1 is 0.935 bits per heavy atom. The minimum absolute atomic E-state index is 0.0428. The van der Waals surface area contributed by atoms with E-state index in [1.54, 1.807) is 18.2 Å². The number of nitrogens with one attached hydrogen (secondary N) is 2. The van der Waals surface area contributed by atoms with Gasteiger partial charge in [-0.15, -0.1) is 0 Å². The number of amides is 2. The van der Waals surface area contributed by atoms with Crippen LogP contribution in [0, 0.1) is 0 Å². The van der Waals surface area contributed by atoms with Gasteiger partial charge in [0.05, 0.1) is 13.2 Å². The lowest BCUT2D eigenvalue weighted by atomic mass is 9.89. The van der Waals surface area contributed by atoms with Crippen LogP contribution in [0.2, 0.25) is 0 Å². The Morgan fingerprint density at radius 3 is 2.39 bits per heavy atom. The molecule has 1 atom stereocenters. The molecule has 2 N–H and O–H groups in total. The van der Waals surface area contributed by atoms with Crippen LogP contribution in [0.25, 0.3) is 0 Å². The van der Waals surface area contributed by atoms with E-state index in [-0.39, 0.29) is 30.5 Å². The maximum atomic E-state index is 12.8. The van der Waals surface area contributed by atoms with Crippen molar-refractivity contribution in [2.75, 3.05) is 13.7 Å². The molecule has 0 bridgehead atoms. The predicted molar refractivity (Wildman–Crippen MR) is 121 cm³/mol. The third kappa shape index (κ3) is 6.00. The monoisotopic (exact) mass is 424 g/mol. The zero-order valence-electron chi connectivity index (χ0n) is 18.8. The third-order valence-corrected chi connectivity index (χ3v) is 5.45. The number of fused-ring (bicyclic) bond motifs is 1. The molecular weight excluding hydrogens is 392 g/mol. The average Bonchev–Trinajstić information content (AvgIpc) is 2.76. The fourth-order valence-electron chi connectivity index (χ4n) is 3.82. The van der Waals surface area contributed by atoms with E-state index in [0.717, 1.165) is 18.4 Å². The van der Waals surface area contributed by atoms with Crippen LogP contribution >= 0.6 is 0 Å². The van der Waals surface area contributed by atoms with Gasteiger partial charge < -0.3 is 20.1 Å². The number of ether oxygens (including phenoxy) is 2. The van der Waals surface area contributed by atoms with Crippen molar-refractivity contribution in [3.05, 3.63) is 58.7 Å². The SMILES string of the molecule is COc1cc(C(=O)NC(C)c2ccc3c(c2)CCCC3)ccc1OCC(=O)NC(C)C. The molecule has 2 aromatic carbocycles. The molecule has 0 saturated carbocycles. The molecule has 6 heteroatoms. The molecule has 0 fully saturated rings. The topological polar surface area (TPSA) is 76.7 Å². The first-order valence-corrected chi connectivity index (χ1v) is 10.9. The third-order valence-electron chi connectivity index (χ3n) is 5.45. The molecule has 0 saturated heterocycles. The maximum absolute atomic E-state index is 12.8. The summed E-state index contributed by atoms with van der Waals surface area (Å²) in [6.07, 6.45) is 4.73. The van der Waals surface area contributed by atoms with Crippen molar-refractivity contribution < 1.29 is 19.1 Å². The van der Waals surface area contributed by atoms with Crippen molar-refractivity contribution in [2.24, 2.45) is 0 Å². The Morgan fingerprint density at radius 2 is 1.68 bits per heavy atom. The smallest absolute Gasteiger partial charge is 0.258 e. The van der Waals surface area contributed by atoms with Crippen LogP contribution in [0.3, 0.4) is 0 Å². The number of hydrogen-bond donors (Lipinski definition) is 2. The van der Waals surface area contributed by atoms with Crippen molar-refractivity contribution in [1.29, 1.82) is 0 Å². The van der Waals surface area contributed by atoms with Crippen LogP contribution < -0.4 is 20.1 Å². The normalized spacial score (nSPS) is 13.8. The summed E-state index contributed by atoms with van der Waals surface area (Å²) in [5.74, 6) is 0.428.